The van der Waals surface area contributed by atoms with E-state index in [-0.39, 0.29) is 6.61 Å². The monoisotopic (exact) mass is 852 g/mol. The van der Waals surface area contributed by atoms with Gasteiger partial charge >= 0.3 is 41.5 Å². The molecule has 0 bridgehead atoms. The summed E-state index contributed by atoms with van der Waals surface area (Å²) in [6.45, 7) is 6.36. The van der Waals surface area contributed by atoms with Crippen molar-refractivity contribution in [3.8, 4) is 0 Å². The fourth-order valence-electron chi connectivity index (χ4n) is 6.99. The van der Waals surface area contributed by atoms with Gasteiger partial charge in [0.2, 0.25) is 5.82 Å². The van der Waals surface area contributed by atoms with Crippen molar-refractivity contribution in [3.05, 3.63) is 68.7 Å². The third-order valence-corrected chi connectivity index (χ3v) is 9.19. The number of nitrogens with zero attached hydrogens (tertiary/aromatic N) is 1. The Morgan fingerprint density at radius 2 is 1.50 bits per heavy atom. The molecule has 60 heavy (non-hydrogen) atoms. The molecular formula is C38H45FN2O19. The van der Waals surface area contributed by atoms with Crippen molar-refractivity contribution < 1.29 is 85.3 Å². The second kappa shape index (κ2) is 18.8. The second-order valence-corrected chi connectivity index (χ2v) is 14.4. The summed E-state index contributed by atoms with van der Waals surface area (Å²) in [7, 11) is 0. The van der Waals surface area contributed by atoms with E-state index in [9.17, 15) is 42.7 Å². The molecule has 4 heterocycles. The van der Waals surface area contributed by atoms with Gasteiger partial charge in [0.25, 0.3) is 11.3 Å². The second-order valence-electron chi connectivity index (χ2n) is 14.4. The Labute approximate surface area is 340 Å². The summed E-state index contributed by atoms with van der Waals surface area (Å²) < 4.78 is 79.1. The van der Waals surface area contributed by atoms with Gasteiger partial charge in [-0.1, -0.05) is 30.3 Å². The largest absolute Gasteiger partial charge is 0.462 e. The van der Waals surface area contributed by atoms with Crippen molar-refractivity contribution in [1.82, 2.24) is 9.55 Å². The van der Waals surface area contributed by atoms with E-state index in [1.165, 1.54) is 0 Å². The average Bonchev–Trinajstić information content (AvgIpc) is 3.65. The number of carbonyl (C=O) groups excluding carboxylic acids is 6. The van der Waals surface area contributed by atoms with E-state index in [1.807, 2.05) is 4.98 Å². The Bertz CT molecular complexity index is 2050. The van der Waals surface area contributed by atoms with Crippen molar-refractivity contribution >= 4 is 35.8 Å². The van der Waals surface area contributed by atoms with Crippen LogP contribution in [0.5, 0.6) is 0 Å². The van der Waals surface area contributed by atoms with Crippen LogP contribution < -0.4 is 11.2 Å². The van der Waals surface area contributed by atoms with E-state index in [1.54, 1.807) is 44.2 Å². The molecule has 0 aliphatic carbocycles. The number of aromatic amines is 1. The molecule has 1 aromatic heterocycles. The molecule has 3 fully saturated rings. The third-order valence-electron chi connectivity index (χ3n) is 9.19. The summed E-state index contributed by atoms with van der Waals surface area (Å²) in [4.78, 5) is 103. The maximum atomic E-state index is 14.5. The SMILES string of the molecule is CC(=O)OC[C@@H](OC(C)=O)[C@@H](OC(C)=O)[C@@H]1O[C@](OC[C@H]2O[C@@H](n3cc(F)c(=O)[nH]c3=O)[C@@H]3OC(C)(C)O[C@@H]32)(C(=O)OCc2ccccc2)C[C@H](OC(C)=O)[C@H]1OC(C)=O. The van der Waals surface area contributed by atoms with E-state index >= 15 is 0 Å². The number of H-pyrrole nitrogens is 1. The van der Waals surface area contributed by atoms with Crippen molar-refractivity contribution in [1.29, 1.82) is 0 Å². The number of benzene rings is 1. The minimum Gasteiger partial charge on any atom is -0.462 e. The molecule has 3 saturated heterocycles. The van der Waals surface area contributed by atoms with E-state index in [2.05, 4.69) is 0 Å². The van der Waals surface area contributed by atoms with Crippen molar-refractivity contribution in [2.24, 2.45) is 0 Å². The zero-order valence-electron chi connectivity index (χ0n) is 33.6. The lowest BCUT2D eigenvalue weighted by molar-refractivity contribution is -0.336. The van der Waals surface area contributed by atoms with E-state index in [4.69, 9.17) is 52.1 Å². The van der Waals surface area contributed by atoms with Gasteiger partial charge in [0.15, 0.2) is 30.3 Å². The van der Waals surface area contributed by atoms with Crippen LogP contribution in [0.3, 0.4) is 0 Å². The predicted molar refractivity (Wildman–Crippen MR) is 192 cm³/mol. The molecule has 0 spiro atoms. The molecule has 1 aromatic carbocycles. The number of carbonyl (C=O) groups is 6. The van der Waals surface area contributed by atoms with Crippen LogP contribution in [-0.4, -0.2) is 119 Å². The number of hydrogen-bond acceptors (Lipinski definition) is 19. The molecule has 5 rings (SSSR count). The van der Waals surface area contributed by atoms with E-state index in [0.29, 0.717) is 11.8 Å². The van der Waals surface area contributed by atoms with Crippen molar-refractivity contribution in [2.75, 3.05) is 13.2 Å². The minimum absolute atomic E-state index is 0.362. The van der Waals surface area contributed by atoms with Gasteiger partial charge in [-0.05, 0) is 19.4 Å². The van der Waals surface area contributed by atoms with Gasteiger partial charge in [-0.15, -0.1) is 0 Å². The predicted octanol–water partition coefficient (Wildman–Crippen LogP) is 0.628. The fourth-order valence-corrected chi connectivity index (χ4v) is 6.99. The molecule has 0 radical (unpaired) electrons. The summed E-state index contributed by atoms with van der Waals surface area (Å²) >= 11 is 0. The molecule has 0 unspecified atom stereocenters. The number of hydrogen-bond donors (Lipinski definition) is 1. The zero-order chi connectivity index (χ0) is 44.1. The maximum Gasteiger partial charge on any atom is 0.367 e. The van der Waals surface area contributed by atoms with Crippen LogP contribution in [0.25, 0.3) is 0 Å². The molecule has 0 amide bonds. The average molecular weight is 853 g/mol. The van der Waals surface area contributed by atoms with Crippen LogP contribution in [0.1, 0.15) is 66.7 Å². The number of fused-ring (bicyclic) bond motifs is 1. The third kappa shape index (κ3) is 11.0. The highest BCUT2D eigenvalue weighted by Crippen LogP contribution is 2.44. The van der Waals surface area contributed by atoms with Gasteiger partial charge in [0.1, 0.15) is 43.7 Å². The van der Waals surface area contributed by atoms with E-state index < -0.39 is 139 Å². The summed E-state index contributed by atoms with van der Waals surface area (Å²) in [6, 6.07) is 8.38. The number of rotatable bonds is 15. The molecule has 10 atom stereocenters. The van der Waals surface area contributed by atoms with Crippen LogP contribution in [0, 0.1) is 5.82 Å². The van der Waals surface area contributed by atoms with Gasteiger partial charge in [-0.25, -0.2) is 9.59 Å². The molecule has 3 aliphatic rings. The Balaban J connectivity index is 1.62. The van der Waals surface area contributed by atoms with E-state index in [0.717, 1.165) is 39.2 Å². The van der Waals surface area contributed by atoms with Crippen LogP contribution in [0.2, 0.25) is 0 Å². The van der Waals surface area contributed by atoms with Gasteiger partial charge < -0.3 is 52.1 Å². The summed E-state index contributed by atoms with van der Waals surface area (Å²) in [5.41, 5.74) is -1.81. The molecular weight excluding hydrogens is 807 g/mol. The molecule has 3 aliphatic heterocycles. The fraction of sp³-hybridized carbons (Fsp3) is 0.579. The zero-order valence-corrected chi connectivity index (χ0v) is 33.6. The Morgan fingerprint density at radius 1 is 0.850 bits per heavy atom. The number of esters is 6. The summed E-state index contributed by atoms with van der Waals surface area (Å²) in [5, 5.41) is 0. The number of ether oxygens (including phenoxy) is 11. The lowest BCUT2D eigenvalue weighted by Gasteiger charge is -2.48. The first kappa shape index (κ1) is 45.5. The summed E-state index contributed by atoms with van der Waals surface area (Å²) in [6.07, 6.45) is -13.9. The minimum atomic E-state index is -2.70. The van der Waals surface area contributed by atoms with Gasteiger partial charge in [0, 0.05) is 34.6 Å². The van der Waals surface area contributed by atoms with Gasteiger partial charge in [-0.3, -0.25) is 38.3 Å². The normalized spacial score (nSPS) is 27.7. The Hall–Kier alpha value is -5.55. The highest BCUT2D eigenvalue weighted by Gasteiger charge is 2.62. The Morgan fingerprint density at radius 3 is 2.12 bits per heavy atom. The van der Waals surface area contributed by atoms with Crippen LogP contribution in [0.4, 0.5) is 4.39 Å². The highest BCUT2D eigenvalue weighted by atomic mass is 19.1. The number of aromatic nitrogens is 2. The van der Waals surface area contributed by atoms with Crippen molar-refractivity contribution in [2.45, 2.75) is 128 Å². The van der Waals surface area contributed by atoms with Gasteiger partial charge in [0.05, 0.1) is 19.2 Å². The van der Waals surface area contributed by atoms with Gasteiger partial charge in [-0.2, -0.15) is 4.39 Å². The number of halogens is 1. The molecule has 328 valence electrons. The lowest BCUT2D eigenvalue weighted by atomic mass is 9.89. The Kier molecular flexibility index (Phi) is 14.3. The first-order valence-corrected chi connectivity index (χ1v) is 18.6. The quantitative estimate of drug-likeness (QED) is 0.190. The molecule has 21 nitrogen and oxygen atoms in total. The molecule has 2 aromatic rings. The lowest BCUT2D eigenvalue weighted by Crippen LogP contribution is -2.66. The van der Waals surface area contributed by atoms with Crippen molar-refractivity contribution in [3.63, 3.8) is 0 Å². The van der Waals surface area contributed by atoms with Crippen LogP contribution in [0.15, 0.2) is 46.1 Å². The molecule has 22 heteroatoms. The standard InChI is InChI=1S/C38H45FN2O19/c1-18(42)50-16-26(54-20(3)44)29(56-22(5)46)31-28(55-21(4)45)25(53-19(2)43)13-38(60-31,35(48)51-15-23-11-9-8-10-12-23)52-17-27-30-32(59-37(6,7)58-30)34(57-27)41-14-24(39)33(47)40-36(41)49/h8-12,14,25-32,34H,13,15-17H2,1-7H3,(H,40,47,49)/t25-,26+,27+,28+,29+,30+,31+,32+,34+,38-/m0/s1. The summed E-state index contributed by atoms with van der Waals surface area (Å²) in [5.74, 6) is -11.3. The highest BCUT2D eigenvalue weighted by molar-refractivity contribution is 5.78. The van der Waals surface area contributed by atoms with Crippen LogP contribution in [-0.2, 0) is 87.5 Å². The van der Waals surface area contributed by atoms with Crippen LogP contribution >= 0.6 is 0 Å². The first-order chi connectivity index (χ1) is 28.2. The topological polar surface area (TPSA) is 259 Å². The number of nitrogens with one attached hydrogen (secondary N) is 1. The first-order valence-electron chi connectivity index (χ1n) is 18.6. The smallest absolute Gasteiger partial charge is 0.367 e. The molecule has 1 N–H and O–H groups in total. The maximum absolute atomic E-state index is 14.5. The molecule has 0 saturated carbocycles.